The van der Waals surface area contributed by atoms with E-state index in [2.05, 4.69) is 4.98 Å². The van der Waals surface area contributed by atoms with Crippen LogP contribution in [0.25, 0.3) is 0 Å². The lowest BCUT2D eigenvalue weighted by Gasteiger charge is -2.11. The number of alkyl halides is 5. The molecule has 0 aliphatic carbocycles. The van der Waals surface area contributed by atoms with Crippen LogP contribution in [-0.2, 0) is 6.18 Å². The molecule has 0 radical (unpaired) electrons. The van der Waals surface area contributed by atoms with Gasteiger partial charge in [-0.3, -0.25) is 0 Å². The lowest BCUT2D eigenvalue weighted by Crippen LogP contribution is -2.13. The minimum atomic E-state index is -5.15. The number of hydrogen-bond acceptors (Lipinski definition) is 2. The van der Waals surface area contributed by atoms with Gasteiger partial charge in [-0.05, 0) is 6.07 Å². The molecule has 1 aromatic rings. The van der Waals surface area contributed by atoms with Gasteiger partial charge in [0.25, 0.3) is 6.43 Å². The predicted octanol–water partition coefficient (Wildman–Crippen LogP) is 3.05. The number of nitrogens with zero attached hydrogens (tertiary/aromatic N) is 2. The van der Waals surface area contributed by atoms with Crippen molar-refractivity contribution in [2.75, 3.05) is 0 Å². The van der Waals surface area contributed by atoms with Gasteiger partial charge in [0.1, 0.15) is 11.8 Å². The fourth-order valence-electron chi connectivity index (χ4n) is 0.975. The van der Waals surface area contributed by atoms with Gasteiger partial charge in [0, 0.05) is 0 Å². The Hall–Kier alpha value is -1.78. The maximum absolute atomic E-state index is 12.8. The molecule has 0 unspecified atom stereocenters. The second-order valence-corrected chi connectivity index (χ2v) is 2.66. The standard InChI is InChI=1S/C8H2F6N2/c9-4-1-3(8(12,13)14)6(7(10)11)16-5(4)2-15/h1,7H. The topological polar surface area (TPSA) is 36.7 Å². The largest absolute Gasteiger partial charge is 0.418 e. The van der Waals surface area contributed by atoms with Gasteiger partial charge in [0.2, 0.25) is 0 Å². The summed E-state index contributed by atoms with van der Waals surface area (Å²) >= 11 is 0. The summed E-state index contributed by atoms with van der Waals surface area (Å²) in [7, 11) is 0. The minimum absolute atomic E-state index is 0.160. The molecule has 0 amide bonds. The number of aromatic nitrogens is 1. The van der Waals surface area contributed by atoms with Crippen molar-refractivity contribution in [3.05, 3.63) is 28.8 Å². The van der Waals surface area contributed by atoms with Crippen LogP contribution >= 0.6 is 0 Å². The van der Waals surface area contributed by atoms with E-state index in [4.69, 9.17) is 5.26 Å². The van der Waals surface area contributed by atoms with Crippen molar-refractivity contribution in [2.24, 2.45) is 0 Å². The molecule has 0 N–H and O–H groups in total. The maximum atomic E-state index is 12.8. The molecule has 2 nitrogen and oxygen atoms in total. The third kappa shape index (κ3) is 2.24. The summed E-state index contributed by atoms with van der Waals surface area (Å²) in [5.74, 6) is -1.58. The molecule has 86 valence electrons. The van der Waals surface area contributed by atoms with E-state index < -0.39 is 35.4 Å². The van der Waals surface area contributed by atoms with Crippen LogP contribution < -0.4 is 0 Å². The molecule has 0 saturated heterocycles. The number of halogens is 6. The van der Waals surface area contributed by atoms with Crippen LogP contribution in [0.15, 0.2) is 6.07 Å². The molecule has 0 aliphatic rings. The van der Waals surface area contributed by atoms with E-state index in [1.807, 2.05) is 0 Å². The Balaban J connectivity index is 3.50. The summed E-state index contributed by atoms with van der Waals surface area (Å²) < 4.78 is 73.8. The Kier molecular flexibility index (Phi) is 3.07. The number of pyridine rings is 1. The van der Waals surface area contributed by atoms with Crippen LogP contribution in [0.3, 0.4) is 0 Å². The SMILES string of the molecule is N#Cc1nc(C(F)F)c(C(F)(F)F)cc1F. The molecule has 1 heterocycles. The summed E-state index contributed by atoms with van der Waals surface area (Å²) in [6, 6.07) is 0.923. The van der Waals surface area contributed by atoms with E-state index in [1.165, 1.54) is 0 Å². The Labute approximate surface area is 85.1 Å². The average Bonchev–Trinajstić information content (AvgIpc) is 2.15. The van der Waals surface area contributed by atoms with E-state index in [0.717, 1.165) is 6.07 Å². The second kappa shape index (κ2) is 4.00. The highest BCUT2D eigenvalue weighted by Crippen LogP contribution is 2.35. The van der Waals surface area contributed by atoms with Crippen molar-refractivity contribution < 1.29 is 26.3 Å². The molecule has 0 saturated carbocycles. The molecule has 0 bridgehead atoms. The zero-order valence-corrected chi connectivity index (χ0v) is 7.32. The Morgan fingerprint density at radius 2 is 1.88 bits per heavy atom. The van der Waals surface area contributed by atoms with Gasteiger partial charge in [-0.15, -0.1) is 0 Å². The Bertz CT molecular complexity index is 445. The minimum Gasteiger partial charge on any atom is -0.232 e. The van der Waals surface area contributed by atoms with Crippen molar-refractivity contribution in [1.82, 2.24) is 4.98 Å². The van der Waals surface area contributed by atoms with Crippen molar-refractivity contribution in [3.63, 3.8) is 0 Å². The van der Waals surface area contributed by atoms with Crippen LogP contribution in [0, 0.1) is 17.1 Å². The summed E-state index contributed by atoms with van der Waals surface area (Å²) in [6.07, 6.45) is -8.68. The van der Waals surface area contributed by atoms with Crippen molar-refractivity contribution >= 4 is 0 Å². The summed E-state index contributed by atoms with van der Waals surface area (Å²) in [6.45, 7) is 0. The van der Waals surface area contributed by atoms with Crippen molar-refractivity contribution in [3.8, 4) is 6.07 Å². The molecule has 0 atom stereocenters. The predicted molar refractivity (Wildman–Crippen MR) is 38.9 cm³/mol. The van der Waals surface area contributed by atoms with Crippen LogP contribution in [0.5, 0.6) is 0 Å². The van der Waals surface area contributed by atoms with Crippen LogP contribution in [0.2, 0.25) is 0 Å². The molecule has 1 aromatic heterocycles. The quantitative estimate of drug-likeness (QED) is 0.707. The highest BCUT2D eigenvalue weighted by atomic mass is 19.4. The average molecular weight is 240 g/mol. The van der Waals surface area contributed by atoms with Gasteiger partial charge in [-0.2, -0.15) is 18.4 Å². The Morgan fingerprint density at radius 3 is 2.25 bits per heavy atom. The first kappa shape index (κ1) is 12.3. The zero-order valence-electron chi connectivity index (χ0n) is 7.32. The number of hydrogen-bond donors (Lipinski definition) is 0. The van der Waals surface area contributed by atoms with E-state index in [1.54, 1.807) is 0 Å². The van der Waals surface area contributed by atoms with Crippen LogP contribution in [0.4, 0.5) is 26.3 Å². The maximum Gasteiger partial charge on any atom is 0.418 e. The van der Waals surface area contributed by atoms with Gasteiger partial charge in [-0.25, -0.2) is 18.2 Å². The second-order valence-electron chi connectivity index (χ2n) is 2.66. The Morgan fingerprint density at radius 1 is 1.31 bits per heavy atom. The summed E-state index contributed by atoms with van der Waals surface area (Å²) in [5, 5.41) is 8.24. The van der Waals surface area contributed by atoms with E-state index in [0.29, 0.717) is 0 Å². The highest BCUT2D eigenvalue weighted by molar-refractivity contribution is 5.32. The van der Waals surface area contributed by atoms with Crippen molar-refractivity contribution in [2.45, 2.75) is 12.6 Å². The lowest BCUT2D eigenvalue weighted by atomic mass is 10.1. The van der Waals surface area contributed by atoms with E-state index in [9.17, 15) is 26.3 Å². The molecular formula is C8H2F6N2. The van der Waals surface area contributed by atoms with Gasteiger partial charge in [-0.1, -0.05) is 0 Å². The monoisotopic (exact) mass is 240 g/mol. The molecular weight excluding hydrogens is 238 g/mol. The third-order valence-electron chi connectivity index (χ3n) is 1.62. The number of rotatable bonds is 1. The van der Waals surface area contributed by atoms with E-state index in [-0.39, 0.29) is 6.07 Å². The first-order valence-electron chi connectivity index (χ1n) is 3.73. The zero-order chi connectivity index (χ0) is 12.5. The van der Waals surface area contributed by atoms with E-state index >= 15 is 0 Å². The van der Waals surface area contributed by atoms with Gasteiger partial charge < -0.3 is 0 Å². The molecule has 16 heavy (non-hydrogen) atoms. The first-order valence-corrected chi connectivity index (χ1v) is 3.73. The smallest absolute Gasteiger partial charge is 0.232 e. The van der Waals surface area contributed by atoms with Crippen molar-refractivity contribution in [1.29, 1.82) is 5.26 Å². The number of nitriles is 1. The van der Waals surface area contributed by atoms with Gasteiger partial charge in [0.15, 0.2) is 11.5 Å². The molecule has 1 rings (SSSR count). The van der Waals surface area contributed by atoms with Crippen LogP contribution in [0.1, 0.15) is 23.4 Å². The highest BCUT2D eigenvalue weighted by Gasteiger charge is 2.38. The normalized spacial score (nSPS) is 11.6. The molecule has 0 aromatic carbocycles. The molecule has 0 spiro atoms. The molecule has 0 aliphatic heterocycles. The molecule has 0 fully saturated rings. The first-order chi connectivity index (χ1) is 7.27. The summed E-state index contributed by atoms with van der Waals surface area (Å²) in [4.78, 5) is 2.65. The van der Waals surface area contributed by atoms with Crippen LogP contribution in [-0.4, -0.2) is 4.98 Å². The molecule has 8 heteroatoms. The summed E-state index contributed by atoms with van der Waals surface area (Å²) in [5.41, 5.74) is -4.62. The fourth-order valence-corrected chi connectivity index (χ4v) is 0.975. The third-order valence-corrected chi connectivity index (χ3v) is 1.62. The fraction of sp³-hybridized carbons (Fsp3) is 0.250. The lowest BCUT2D eigenvalue weighted by molar-refractivity contribution is -0.140. The van der Waals surface area contributed by atoms with Gasteiger partial charge in [0.05, 0.1) is 5.56 Å². The van der Waals surface area contributed by atoms with Gasteiger partial charge >= 0.3 is 6.18 Å².